The molecule has 0 aliphatic carbocycles. The lowest BCUT2D eigenvalue weighted by atomic mass is 10.2. The molecule has 0 spiro atoms. The SMILES string of the molecule is CC(COCc1ccccc1)NC(=O)C(F)(F)F. The first-order chi connectivity index (χ1) is 8.39. The van der Waals surface area contributed by atoms with Gasteiger partial charge in [-0.05, 0) is 12.5 Å². The van der Waals surface area contributed by atoms with Gasteiger partial charge in [-0.3, -0.25) is 4.79 Å². The average Bonchev–Trinajstić information content (AvgIpc) is 2.29. The van der Waals surface area contributed by atoms with E-state index in [1.54, 1.807) is 0 Å². The van der Waals surface area contributed by atoms with Crippen molar-refractivity contribution in [2.24, 2.45) is 0 Å². The zero-order chi connectivity index (χ0) is 13.6. The van der Waals surface area contributed by atoms with Gasteiger partial charge in [0, 0.05) is 6.04 Å². The van der Waals surface area contributed by atoms with Crippen LogP contribution in [0.25, 0.3) is 0 Å². The summed E-state index contributed by atoms with van der Waals surface area (Å²) >= 11 is 0. The molecule has 0 radical (unpaired) electrons. The summed E-state index contributed by atoms with van der Waals surface area (Å²) < 4.78 is 41.0. The molecule has 1 aromatic rings. The lowest BCUT2D eigenvalue weighted by Crippen LogP contribution is -2.43. The van der Waals surface area contributed by atoms with Gasteiger partial charge >= 0.3 is 12.1 Å². The molecule has 1 amide bonds. The summed E-state index contributed by atoms with van der Waals surface area (Å²) in [5.74, 6) is -1.95. The van der Waals surface area contributed by atoms with E-state index >= 15 is 0 Å². The lowest BCUT2D eigenvalue weighted by Gasteiger charge is -2.15. The summed E-state index contributed by atoms with van der Waals surface area (Å²) in [4.78, 5) is 10.6. The van der Waals surface area contributed by atoms with Gasteiger partial charge in [0.05, 0.1) is 13.2 Å². The highest BCUT2D eigenvalue weighted by molar-refractivity contribution is 5.81. The molecule has 0 aliphatic heterocycles. The van der Waals surface area contributed by atoms with E-state index in [4.69, 9.17) is 4.74 Å². The second kappa shape index (κ2) is 6.39. The molecule has 1 N–H and O–H groups in total. The van der Waals surface area contributed by atoms with Gasteiger partial charge in [-0.15, -0.1) is 0 Å². The van der Waals surface area contributed by atoms with Crippen molar-refractivity contribution in [1.29, 1.82) is 0 Å². The van der Waals surface area contributed by atoms with Crippen molar-refractivity contribution in [2.45, 2.75) is 25.7 Å². The molecule has 0 saturated heterocycles. The topological polar surface area (TPSA) is 38.3 Å². The number of hydrogen-bond acceptors (Lipinski definition) is 2. The maximum Gasteiger partial charge on any atom is 0.471 e. The first kappa shape index (κ1) is 14.5. The largest absolute Gasteiger partial charge is 0.471 e. The van der Waals surface area contributed by atoms with Crippen molar-refractivity contribution in [3.8, 4) is 0 Å². The minimum atomic E-state index is -4.85. The molecule has 0 saturated carbocycles. The first-order valence-corrected chi connectivity index (χ1v) is 5.39. The van der Waals surface area contributed by atoms with Crippen LogP contribution in [0.2, 0.25) is 0 Å². The third-order valence-electron chi connectivity index (χ3n) is 2.11. The van der Waals surface area contributed by atoms with Crippen LogP contribution in [0.3, 0.4) is 0 Å². The maximum atomic E-state index is 11.9. The van der Waals surface area contributed by atoms with Crippen molar-refractivity contribution < 1.29 is 22.7 Å². The van der Waals surface area contributed by atoms with E-state index in [9.17, 15) is 18.0 Å². The lowest BCUT2D eigenvalue weighted by molar-refractivity contribution is -0.174. The minimum absolute atomic E-state index is 0.0245. The Kier molecular flexibility index (Phi) is 5.15. The van der Waals surface area contributed by atoms with Crippen LogP contribution in [-0.4, -0.2) is 24.7 Å². The highest BCUT2D eigenvalue weighted by Gasteiger charge is 2.39. The van der Waals surface area contributed by atoms with E-state index in [1.807, 2.05) is 35.6 Å². The fourth-order valence-corrected chi connectivity index (χ4v) is 1.28. The Hall–Kier alpha value is -1.56. The van der Waals surface area contributed by atoms with Crippen molar-refractivity contribution in [1.82, 2.24) is 5.32 Å². The van der Waals surface area contributed by atoms with Crippen LogP contribution in [0.15, 0.2) is 30.3 Å². The van der Waals surface area contributed by atoms with Crippen LogP contribution in [0.4, 0.5) is 13.2 Å². The normalized spacial score (nSPS) is 13.1. The number of alkyl halides is 3. The molecule has 0 heterocycles. The predicted octanol–water partition coefficient (Wildman–Crippen LogP) is 2.27. The van der Waals surface area contributed by atoms with E-state index in [0.717, 1.165) is 5.56 Å². The Morgan fingerprint density at radius 3 is 2.50 bits per heavy atom. The van der Waals surface area contributed by atoms with E-state index in [0.29, 0.717) is 6.61 Å². The number of amides is 1. The van der Waals surface area contributed by atoms with Gasteiger partial charge in [0.2, 0.25) is 0 Å². The molecule has 6 heteroatoms. The van der Waals surface area contributed by atoms with Gasteiger partial charge in [0.25, 0.3) is 0 Å². The highest BCUT2D eigenvalue weighted by atomic mass is 19.4. The average molecular weight is 261 g/mol. The molecule has 0 bridgehead atoms. The molecule has 0 aromatic heterocycles. The van der Waals surface area contributed by atoms with Crippen LogP contribution in [0.1, 0.15) is 12.5 Å². The Morgan fingerprint density at radius 2 is 1.94 bits per heavy atom. The predicted molar refractivity (Wildman–Crippen MR) is 59.8 cm³/mol. The van der Waals surface area contributed by atoms with Crippen LogP contribution >= 0.6 is 0 Å². The monoisotopic (exact) mass is 261 g/mol. The second-order valence-corrected chi connectivity index (χ2v) is 3.87. The number of rotatable bonds is 5. The second-order valence-electron chi connectivity index (χ2n) is 3.87. The zero-order valence-corrected chi connectivity index (χ0v) is 9.83. The summed E-state index contributed by atoms with van der Waals surface area (Å²) in [5.41, 5.74) is 0.923. The smallest absolute Gasteiger partial charge is 0.375 e. The highest BCUT2D eigenvalue weighted by Crippen LogP contribution is 2.14. The number of carbonyl (C=O) groups is 1. The fourth-order valence-electron chi connectivity index (χ4n) is 1.28. The van der Waals surface area contributed by atoms with Crippen LogP contribution in [0.5, 0.6) is 0 Å². The first-order valence-electron chi connectivity index (χ1n) is 5.39. The molecule has 0 fully saturated rings. The van der Waals surface area contributed by atoms with Crippen molar-refractivity contribution >= 4 is 5.91 Å². The van der Waals surface area contributed by atoms with Gasteiger partial charge in [-0.1, -0.05) is 30.3 Å². The summed E-state index contributed by atoms with van der Waals surface area (Å²) in [6.45, 7) is 1.78. The molecule has 3 nitrogen and oxygen atoms in total. The van der Waals surface area contributed by atoms with E-state index in [1.165, 1.54) is 6.92 Å². The standard InChI is InChI=1S/C12H14F3NO2/c1-9(16-11(17)12(13,14)15)7-18-8-10-5-3-2-4-6-10/h2-6,9H,7-8H2,1H3,(H,16,17). The Balaban J connectivity index is 2.26. The third-order valence-corrected chi connectivity index (χ3v) is 2.11. The van der Waals surface area contributed by atoms with Gasteiger partial charge in [0.1, 0.15) is 0 Å². The van der Waals surface area contributed by atoms with E-state index in [-0.39, 0.29) is 6.61 Å². The summed E-state index contributed by atoms with van der Waals surface area (Å²) in [6, 6.07) is 8.54. The molecule has 1 atom stereocenters. The number of benzene rings is 1. The summed E-state index contributed by atoms with van der Waals surface area (Å²) in [7, 11) is 0. The molecule has 1 unspecified atom stereocenters. The Bertz CT molecular complexity index is 379. The van der Waals surface area contributed by atoms with Crippen LogP contribution < -0.4 is 5.32 Å². The number of carbonyl (C=O) groups excluding carboxylic acids is 1. The van der Waals surface area contributed by atoms with Gasteiger partial charge in [-0.25, -0.2) is 0 Å². The third kappa shape index (κ3) is 5.18. The van der Waals surface area contributed by atoms with Crippen LogP contribution in [-0.2, 0) is 16.1 Å². The van der Waals surface area contributed by atoms with Crippen molar-refractivity contribution in [3.05, 3.63) is 35.9 Å². The van der Waals surface area contributed by atoms with Gasteiger partial charge in [-0.2, -0.15) is 13.2 Å². The van der Waals surface area contributed by atoms with Crippen molar-refractivity contribution in [3.63, 3.8) is 0 Å². The summed E-state index contributed by atoms with van der Waals surface area (Å²) in [6.07, 6.45) is -4.85. The summed E-state index contributed by atoms with van der Waals surface area (Å²) in [5, 5.41) is 1.82. The zero-order valence-electron chi connectivity index (χ0n) is 9.83. The number of ether oxygens (including phenoxy) is 1. The van der Waals surface area contributed by atoms with E-state index in [2.05, 4.69) is 0 Å². The molecular formula is C12H14F3NO2. The molecule has 18 heavy (non-hydrogen) atoms. The van der Waals surface area contributed by atoms with Gasteiger partial charge < -0.3 is 10.1 Å². The Labute approximate surface area is 103 Å². The number of halogens is 3. The number of nitrogens with one attached hydrogen (secondary N) is 1. The number of hydrogen-bond donors (Lipinski definition) is 1. The molecule has 100 valence electrons. The molecule has 1 aromatic carbocycles. The van der Waals surface area contributed by atoms with Crippen LogP contribution in [0, 0.1) is 0 Å². The maximum absolute atomic E-state index is 11.9. The molecule has 0 aliphatic rings. The quantitative estimate of drug-likeness (QED) is 0.883. The minimum Gasteiger partial charge on any atom is -0.375 e. The fraction of sp³-hybridized carbons (Fsp3) is 0.417. The molecule has 1 rings (SSSR count). The Morgan fingerprint density at radius 1 is 1.33 bits per heavy atom. The van der Waals surface area contributed by atoms with Crippen molar-refractivity contribution in [2.75, 3.05) is 6.61 Å². The molecular weight excluding hydrogens is 247 g/mol. The van der Waals surface area contributed by atoms with E-state index < -0.39 is 18.1 Å². The van der Waals surface area contributed by atoms with Gasteiger partial charge in [0.15, 0.2) is 0 Å².